The molecule has 0 unspecified atom stereocenters. The number of phosphoric ester groups is 1. The van der Waals surface area contributed by atoms with E-state index in [0.717, 1.165) is 32.1 Å². The van der Waals surface area contributed by atoms with Crippen molar-refractivity contribution in [3.05, 3.63) is 0 Å². The highest BCUT2D eigenvalue weighted by molar-refractivity contribution is 7.46. The maximum atomic E-state index is 12.4. The third kappa shape index (κ3) is 41.7. The Bertz CT molecular complexity index is 802. The van der Waals surface area contributed by atoms with Crippen LogP contribution in [0.3, 0.4) is 0 Å². The van der Waals surface area contributed by atoms with Gasteiger partial charge in [0.1, 0.15) is 6.61 Å². The number of phosphoric acid groups is 1. The number of ether oxygens (including phenoxy) is 2. The first-order chi connectivity index (χ1) is 24.8. The van der Waals surface area contributed by atoms with E-state index in [9.17, 15) is 14.2 Å². The van der Waals surface area contributed by atoms with E-state index in [4.69, 9.17) is 19.3 Å². The third-order valence-corrected chi connectivity index (χ3v) is 10.4. The molecular formula is C42H83O8P. The summed E-state index contributed by atoms with van der Waals surface area (Å²) in [4.78, 5) is 42.8. The number of carbonyl (C=O) groups is 2. The Morgan fingerprint density at radius 3 is 1.00 bits per heavy atom. The van der Waals surface area contributed by atoms with E-state index in [1.54, 1.807) is 0 Å². The van der Waals surface area contributed by atoms with Gasteiger partial charge in [0.25, 0.3) is 0 Å². The summed E-state index contributed by atoms with van der Waals surface area (Å²) in [6.45, 7) is 3.72. The number of hydrogen-bond acceptors (Lipinski definition) is 6. The fraction of sp³-hybridized carbons (Fsp3) is 0.952. The molecule has 1 atom stereocenters. The molecule has 0 heterocycles. The van der Waals surface area contributed by atoms with Gasteiger partial charge < -0.3 is 19.3 Å². The lowest BCUT2D eigenvalue weighted by molar-refractivity contribution is -0.161. The largest absolute Gasteiger partial charge is 0.469 e. The van der Waals surface area contributed by atoms with Gasteiger partial charge in [-0.15, -0.1) is 0 Å². The first kappa shape index (κ1) is 50.1. The SMILES string of the molecule is CCCCCCCCCCCCCCCCCCCCCCC(=O)OC[C@H](COP(=O)(O)O)OC(=O)CCCCCCCCCCCCCCC. The first-order valence-electron chi connectivity index (χ1n) is 21.8. The quantitative estimate of drug-likeness (QED) is 0.0360. The topological polar surface area (TPSA) is 119 Å². The zero-order chi connectivity index (χ0) is 37.5. The Hall–Kier alpha value is -0.950. The van der Waals surface area contributed by atoms with Gasteiger partial charge in [-0.3, -0.25) is 14.1 Å². The van der Waals surface area contributed by atoms with Crippen LogP contribution in [0.2, 0.25) is 0 Å². The maximum Gasteiger partial charge on any atom is 0.469 e. The highest BCUT2D eigenvalue weighted by Crippen LogP contribution is 2.36. The zero-order valence-electron chi connectivity index (χ0n) is 33.5. The molecule has 0 aromatic carbocycles. The maximum absolute atomic E-state index is 12.4. The molecule has 51 heavy (non-hydrogen) atoms. The van der Waals surface area contributed by atoms with Crippen molar-refractivity contribution in [1.82, 2.24) is 0 Å². The lowest BCUT2D eigenvalue weighted by Gasteiger charge is -2.18. The highest BCUT2D eigenvalue weighted by Gasteiger charge is 2.23. The molecule has 0 spiro atoms. The van der Waals surface area contributed by atoms with Gasteiger partial charge in [0.2, 0.25) is 0 Å². The summed E-state index contributed by atoms with van der Waals surface area (Å²) in [6.07, 6.45) is 41.1. The predicted molar refractivity (Wildman–Crippen MR) is 212 cm³/mol. The average Bonchev–Trinajstić information content (AvgIpc) is 3.10. The first-order valence-corrected chi connectivity index (χ1v) is 23.4. The molecule has 0 rings (SSSR count). The molecule has 0 aliphatic heterocycles. The number of carbonyl (C=O) groups excluding carboxylic acids is 2. The number of unbranched alkanes of at least 4 members (excludes halogenated alkanes) is 31. The Morgan fingerprint density at radius 1 is 0.431 bits per heavy atom. The normalized spacial score (nSPS) is 12.3. The summed E-state index contributed by atoms with van der Waals surface area (Å²) in [7, 11) is -4.74. The molecule has 0 amide bonds. The predicted octanol–water partition coefficient (Wildman–Crippen LogP) is 13.2. The average molecular weight is 747 g/mol. The van der Waals surface area contributed by atoms with Crippen LogP contribution in [0.5, 0.6) is 0 Å². The van der Waals surface area contributed by atoms with Gasteiger partial charge in [-0.2, -0.15) is 0 Å². The van der Waals surface area contributed by atoms with E-state index in [-0.39, 0.29) is 19.4 Å². The van der Waals surface area contributed by atoms with Crippen molar-refractivity contribution < 1.29 is 37.9 Å². The molecule has 0 aromatic rings. The van der Waals surface area contributed by atoms with Gasteiger partial charge in [0.15, 0.2) is 6.10 Å². The highest BCUT2D eigenvalue weighted by atomic mass is 31.2. The molecule has 0 fully saturated rings. The van der Waals surface area contributed by atoms with E-state index in [1.807, 2.05) is 0 Å². The summed E-state index contributed by atoms with van der Waals surface area (Å²) in [5.74, 6) is -0.867. The molecule has 0 aromatic heterocycles. The second-order valence-electron chi connectivity index (χ2n) is 15.0. The monoisotopic (exact) mass is 747 g/mol. The fourth-order valence-electron chi connectivity index (χ4n) is 6.61. The molecule has 0 radical (unpaired) electrons. The van der Waals surface area contributed by atoms with Crippen LogP contribution in [0.15, 0.2) is 0 Å². The van der Waals surface area contributed by atoms with E-state index in [0.29, 0.717) is 6.42 Å². The minimum atomic E-state index is -4.74. The molecule has 2 N–H and O–H groups in total. The molecule has 8 nitrogen and oxygen atoms in total. The minimum absolute atomic E-state index is 0.220. The standard InChI is InChI=1S/C42H83O8P/c1-3-5-7-9-11-13-15-17-18-19-20-21-22-23-25-26-28-30-32-34-36-41(43)48-38-40(39-49-51(45,46)47)50-42(44)37-35-33-31-29-27-24-16-14-12-10-8-6-4-2/h40H,3-39H2,1-2H3,(H2,45,46,47)/t40-/m1/s1. The second kappa shape index (κ2) is 38.8. The molecular weight excluding hydrogens is 663 g/mol. The van der Waals surface area contributed by atoms with E-state index >= 15 is 0 Å². The molecule has 9 heteroatoms. The molecule has 0 aliphatic carbocycles. The van der Waals surface area contributed by atoms with Crippen molar-refractivity contribution in [2.24, 2.45) is 0 Å². The van der Waals surface area contributed by atoms with Gasteiger partial charge in [-0.1, -0.05) is 213 Å². The van der Waals surface area contributed by atoms with Crippen molar-refractivity contribution >= 4 is 19.8 Å². The van der Waals surface area contributed by atoms with E-state index < -0.39 is 32.5 Å². The van der Waals surface area contributed by atoms with Crippen molar-refractivity contribution in [3.8, 4) is 0 Å². The van der Waals surface area contributed by atoms with Gasteiger partial charge in [-0.05, 0) is 12.8 Å². The van der Waals surface area contributed by atoms with Crippen LogP contribution in [-0.2, 0) is 28.2 Å². The van der Waals surface area contributed by atoms with Crippen LogP contribution in [-0.4, -0.2) is 41.0 Å². The number of esters is 2. The van der Waals surface area contributed by atoms with Crippen molar-refractivity contribution in [1.29, 1.82) is 0 Å². The molecule has 0 saturated heterocycles. The third-order valence-electron chi connectivity index (χ3n) is 9.88. The summed E-state index contributed by atoms with van der Waals surface area (Å²) in [5, 5.41) is 0. The van der Waals surface area contributed by atoms with Crippen LogP contribution in [0, 0.1) is 0 Å². The fourth-order valence-corrected chi connectivity index (χ4v) is 6.97. The van der Waals surface area contributed by atoms with Crippen LogP contribution in [0.25, 0.3) is 0 Å². The molecule has 0 bridgehead atoms. The summed E-state index contributed by atoms with van der Waals surface area (Å²) in [6, 6.07) is 0. The molecule has 0 saturated carbocycles. The smallest absolute Gasteiger partial charge is 0.462 e. The Kier molecular flexibility index (Phi) is 38.0. The van der Waals surface area contributed by atoms with Gasteiger partial charge >= 0.3 is 19.8 Å². The van der Waals surface area contributed by atoms with Gasteiger partial charge in [-0.25, -0.2) is 4.57 Å². The van der Waals surface area contributed by atoms with Crippen LogP contribution < -0.4 is 0 Å². The Morgan fingerprint density at radius 2 is 0.706 bits per heavy atom. The summed E-state index contributed by atoms with van der Waals surface area (Å²) >= 11 is 0. The number of rotatable bonds is 41. The van der Waals surface area contributed by atoms with Crippen molar-refractivity contribution in [2.45, 2.75) is 245 Å². The summed E-state index contributed by atoms with van der Waals surface area (Å²) < 4.78 is 26.4. The second-order valence-corrected chi connectivity index (χ2v) is 16.3. The van der Waals surface area contributed by atoms with Gasteiger partial charge in [0, 0.05) is 12.8 Å². The van der Waals surface area contributed by atoms with Gasteiger partial charge in [0.05, 0.1) is 6.61 Å². The lowest BCUT2D eigenvalue weighted by Crippen LogP contribution is -2.29. The number of hydrogen-bond donors (Lipinski definition) is 2. The molecule has 0 aliphatic rings. The Balaban J connectivity index is 3.80. The molecule has 304 valence electrons. The van der Waals surface area contributed by atoms with Crippen LogP contribution in [0.1, 0.15) is 239 Å². The summed E-state index contributed by atoms with van der Waals surface area (Å²) in [5.41, 5.74) is 0. The van der Waals surface area contributed by atoms with Crippen LogP contribution in [0.4, 0.5) is 0 Å². The minimum Gasteiger partial charge on any atom is -0.462 e. The van der Waals surface area contributed by atoms with Crippen molar-refractivity contribution in [2.75, 3.05) is 13.2 Å². The lowest BCUT2D eigenvalue weighted by atomic mass is 10.0. The van der Waals surface area contributed by atoms with Crippen LogP contribution >= 0.6 is 7.82 Å². The Labute approximate surface area is 315 Å². The zero-order valence-corrected chi connectivity index (χ0v) is 34.4. The van der Waals surface area contributed by atoms with Crippen molar-refractivity contribution in [3.63, 3.8) is 0 Å². The van der Waals surface area contributed by atoms with E-state index in [2.05, 4.69) is 18.4 Å². The van der Waals surface area contributed by atoms with E-state index in [1.165, 1.54) is 173 Å².